The Morgan fingerprint density at radius 3 is 1.33 bits per heavy atom. The van der Waals surface area contributed by atoms with Crippen molar-refractivity contribution in [1.82, 2.24) is 19.5 Å². The normalized spacial score (nSPS) is 11.2. The van der Waals surface area contributed by atoms with Crippen molar-refractivity contribution in [2.75, 3.05) is 0 Å². The molecule has 0 saturated carbocycles. The molecule has 2 aromatic heterocycles. The van der Waals surface area contributed by atoms with Gasteiger partial charge in [0.25, 0.3) is 0 Å². The number of benzene rings is 8. The molecule has 268 valence electrons. The van der Waals surface area contributed by atoms with Crippen LogP contribution in [-0.4, -0.2) is 25.2 Å². The van der Waals surface area contributed by atoms with E-state index in [-0.39, 0.29) is 0 Å². The predicted molar refractivity (Wildman–Crippen MR) is 234 cm³/mol. The highest BCUT2D eigenvalue weighted by molar-refractivity contribution is 6.21. The largest absolute Gasteiger partial charge is 0.309 e. The van der Waals surface area contributed by atoms with Gasteiger partial charge in [-0.25, -0.2) is 19.9 Å². The first-order chi connectivity index (χ1) is 28.3. The van der Waals surface area contributed by atoms with Gasteiger partial charge >= 0.3 is 0 Å². The van der Waals surface area contributed by atoms with Crippen molar-refractivity contribution >= 4 is 33.2 Å². The summed E-state index contributed by atoms with van der Waals surface area (Å²) in [5, 5.41) is 2.23. The van der Waals surface area contributed by atoms with E-state index in [4.69, 9.17) is 19.9 Å². The van der Waals surface area contributed by atoms with Crippen LogP contribution in [0.5, 0.6) is 0 Å². The molecule has 0 aliphatic heterocycles. The first kappa shape index (κ1) is 33.8. The Kier molecular flexibility index (Phi) is 8.78. The third kappa shape index (κ3) is 6.47. The minimum Gasteiger partial charge on any atom is -0.309 e. The fraction of sp³-hybridized carbons (Fsp3) is 0. The summed E-state index contributed by atoms with van der Waals surface area (Å²) in [6, 6.07) is 73.2. The van der Waals surface area contributed by atoms with Crippen LogP contribution >= 0.6 is 0 Å². The first-order valence-corrected chi connectivity index (χ1v) is 19.1. The molecule has 0 atom stereocenters. The number of nitrogens with zero attached hydrogens (tertiary/aromatic N) is 5. The van der Waals surface area contributed by atoms with Gasteiger partial charge in [-0.15, -0.1) is 0 Å². The highest BCUT2D eigenvalue weighted by Gasteiger charge is 2.20. The third-order valence-electron chi connectivity index (χ3n) is 10.3. The van der Waals surface area contributed by atoms with E-state index in [1.807, 2.05) is 72.8 Å². The van der Waals surface area contributed by atoms with Gasteiger partial charge in [0.05, 0.1) is 22.4 Å². The molecule has 0 saturated heterocycles. The Morgan fingerprint density at radius 2 is 0.807 bits per heavy atom. The molecule has 0 unspecified atom stereocenters. The molecule has 5 heteroatoms. The summed E-state index contributed by atoms with van der Waals surface area (Å²) < 4.78 is 2.34. The van der Waals surface area contributed by atoms with Crippen LogP contribution in [0, 0.1) is 0 Å². The fourth-order valence-electron chi connectivity index (χ4n) is 7.58. The standard InChI is InChI=1S/C52H35N5/c1-6-18-36(19-7-1)43-34-35-46-47(49(43)53-48(37-20-8-2-9-21-37)38-22-10-3-11-23-38)44-28-16-17-29-45(44)57(46)42-32-30-41(31-33-42)52-55-50(39-24-12-4-13-25-39)54-51(56-52)40-26-14-5-15-27-40/h1-35H. The van der Waals surface area contributed by atoms with Gasteiger partial charge in [-0.1, -0.05) is 176 Å². The van der Waals surface area contributed by atoms with E-state index in [0.717, 1.165) is 77.8 Å². The second-order valence-electron chi connectivity index (χ2n) is 13.9. The number of para-hydroxylation sites is 1. The van der Waals surface area contributed by atoms with Crippen molar-refractivity contribution in [3.8, 4) is 51.0 Å². The summed E-state index contributed by atoms with van der Waals surface area (Å²) in [5.41, 5.74) is 12.1. The van der Waals surface area contributed by atoms with Crippen LogP contribution < -0.4 is 0 Å². The number of aromatic nitrogens is 4. The molecule has 10 rings (SSSR count). The molecule has 0 amide bonds. The van der Waals surface area contributed by atoms with Crippen molar-refractivity contribution in [1.29, 1.82) is 0 Å². The number of hydrogen-bond acceptors (Lipinski definition) is 4. The molecule has 2 heterocycles. The van der Waals surface area contributed by atoms with E-state index in [2.05, 4.69) is 144 Å². The summed E-state index contributed by atoms with van der Waals surface area (Å²) in [6.45, 7) is 0. The van der Waals surface area contributed by atoms with Gasteiger partial charge in [-0.2, -0.15) is 0 Å². The van der Waals surface area contributed by atoms with E-state index >= 15 is 0 Å². The highest BCUT2D eigenvalue weighted by Crippen LogP contribution is 2.44. The SMILES string of the molecule is c1ccc(C(=Nc2c(-c3ccccc3)ccc3c2c2ccccc2n3-c2ccc(-c3nc(-c4ccccc4)nc(-c4ccccc4)n3)cc2)c2ccccc2)cc1. The second kappa shape index (κ2) is 14.8. The summed E-state index contributed by atoms with van der Waals surface area (Å²) in [5.74, 6) is 1.90. The molecule has 0 aliphatic carbocycles. The number of fused-ring (bicyclic) bond motifs is 3. The van der Waals surface area contributed by atoms with E-state index in [0.29, 0.717) is 17.5 Å². The van der Waals surface area contributed by atoms with Gasteiger partial charge in [-0.3, -0.25) is 0 Å². The Bertz CT molecular complexity index is 2910. The summed E-state index contributed by atoms with van der Waals surface area (Å²) in [4.78, 5) is 20.5. The van der Waals surface area contributed by atoms with E-state index in [9.17, 15) is 0 Å². The van der Waals surface area contributed by atoms with Gasteiger partial charge in [0.1, 0.15) is 0 Å². The highest BCUT2D eigenvalue weighted by atomic mass is 15.0. The predicted octanol–water partition coefficient (Wildman–Crippen LogP) is 12.8. The van der Waals surface area contributed by atoms with Crippen LogP contribution in [0.25, 0.3) is 72.8 Å². The fourth-order valence-corrected chi connectivity index (χ4v) is 7.58. The van der Waals surface area contributed by atoms with Crippen LogP contribution in [-0.2, 0) is 0 Å². The first-order valence-electron chi connectivity index (χ1n) is 19.1. The van der Waals surface area contributed by atoms with Crippen LogP contribution in [0.3, 0.4) is 0 Å². The van der Waals surface area contributed by atoms with Crippen molar-refractivity contribution in [2.45, 2.75) is 0 Å². The van der Waals surface area contributed by atoms with Gasteiger partial charge in [0.2, 0.25) is 0 Å². The van der Waals surface area contributed by atoms with Crippen LogP contribution in [0.1, 0.15) is 11.1 Å². The molecule has 0 bridgehead atoms. The monoisotopic (exact) mass is 729 g/mol. The Balaban J connectivity index is 1.17. The maximum absolute atomic E-state index is 5.66. The van der Waals surface area contributed by atoms with Crippen molar-refractivity contribution in [2.24, 2.45) is 4.99 Å². The van der Waals surface area contributed by atoms with Gasteiger partial charge in [0.15, 0.2) is 17.5 Å². The third-order valence-corrected chi connectivity index (χ3v) is 10.3. The lowest BCUT2D eigenvalue weighted by Crippen LogP contribution is -2.03. The van der Waals surface area contributed by atoms with Crippen molar-refractivity contribution in [3.63, 3.8) is 0 Å². The molecule has 5 nitrogen and oxygen atoms in total. The molecular weight excluding hydrogens is 695 g/mol. The minimum absolute atomic E-state index is 0.620. The van der Waals surface area contributed by atoms with Crippen LogP contribution in [0.2, 0.25) is 0 Å². The smallest absolute Gasteiger partial charge is 0.164 e. The average Bonchev–Trinajstić information content (AvgIpc) is 3.64. The van der Waals surface area contributed by atoms with E-state index in [1.165, 1.54) is 0 Å². The molecule has 8 aromatic carbocycles. The van der Waals surface area contributed by atoms with Crippen LogP contribution in [0.4, 0.5) is 5.69 Å². The topological polar surface area (TPSA) is 56.0 Å². The Morgan fingerprint density at radius 1 is 0.368 bits per heavy atom. The lowest BCUT2D eigenvalue weighted by molar-refractivity contribution is 1.07. The average molecular weight is 730 g/mol. The summed E-state index contributed by atoms with van der Waals surface area (Å²) in [7, 11) is 0. The molecule has 0 radical (unpaired) electrons. The Hall–Kier alpha value is -7.76. The number of hydrogen-bond donors (Lipinski definition) is 0. The van der Waals surface area contributed by atoms with Gasteiger partial charge in [0, 0.05) is 49.8 Å². The summed E-state index contributed by atoms with van der Waals surface area (Å²) >= 11 is 0. The van der Waals surface area contributed by atoms with E-state index < -0.39 is 0 Å². The number of rotatable bonds is 8. The zero-order valence-corrected chi connectivity index (χ0v) is 30.9. The zero-order chi connectivity index (χ0) is 38.0. The van der Waals surface area contributed by atoms with Gasteiger partial charge in [-0.05, 0) is 42.0 Å². The molecule has 10 aromatic rings. The van der Waals surface area contributed by atoms with Crippen molar-refractivity contribution in [3.05, 3.63) is 223 Å². The quantitative estimate of drug-likeness (QED) is 0.146. The summed E-state index contributed by atoms with van der Waals surface area (Å²) in [6.07, 6.45) is 0. The van der Waals surface area contributed by atoms with E-state index in [1.54, 1.807) is 0 Å². The zero-order valence-electron chi connectivity index (χ0n) is 30.9. The van der Waals surface area contributed by atoms with Gasteiger partial charge < -0.3 is 4.57 Å². The molecule has 0 aliphatic rings. The molecule has 0 spiro atoms. The Labute approximate surface area is 331 Å². The van der Waals surface area contributed by atoms with Crippen LogP contribution in [0.15, 0.2) is 217 Å². The van der Waals surface area contributed by atoms with Crippen molar-refractivity contribution < 1.29 is 0 Å². The lowest BCUT2D eigenvalue weighted by atomic mass is 9.98. The maximum atomic E-state index is 5.66. The molecule has 57 heavy (non-hydrogen) atoms. The lowest BCUT2D eigenvalue weighted by Gasteiger charge is -2.14. The maximum Gasteiger partial charge on any atom is 0.164 e. The molecule has 0 fully saturated rings. The number of aliphatic imine (C=N–C) groups is 1. The minimum atomic E-state index is 0.620. The second-order valence-corrected chi connectivity index (χ2v) is 13.9. The molecular formula is C52H35N5. The molecule has 0 N–H and O–H groups in total.